The second-order valence-corrected chi connectivity index (χ2v) is 9.79. The monoisotopic (exact) mass is 606 g/mol. The number of nitrogens with one attached hydrogen (secondary N) is 1. The quantitative estimate of drug-likeness (QED) is 0.0914. The van der Waals surface area contributed by atoms with E-state index in [2.05, 4.69) is 26.5 Å². The van der Waals surface area contributed by atoms with Crippen molar-refractivity contribution >= 4 is 50.8 Å². The summed E-state index contributed by atoms with van der Waals surface area (Å²) in [5, 5.41) is 6.07. The third kappa shape index (κ3) is 6.93. The predicted octanol–water partition coefficient (Wildman–Crippen LogP) is 6.73. The Morgan fingerprint density at radius 3 is 1.93 bits per heavy atom. The second-order valence-electron chi connectivity index (χ2n) is 8.94. The van der Waals surface area contributed by atoms with E-state index in [0.29, 0.717) is 16.7 Å². The molecule has 5 aromatic rings. The zero-order valence-electron chi connectivity index (χ0n) is 21.6. The molecule has 1 amide bonds. The van der Waals surface area contributed by atoms with E-state index in [0.717, 1.165) is 20.8 Å². The summed E-state index contributed by atoms with van der Waals surface area (Å²) in [6.45, 7) is 0. The highest BCUT2D eigenvalue weighted by atomic mass is 79.9. The molecule has 7 nitrogen and oxygen atoms in total. The maximum Gasteiger partial charge on any atom is 0.343 e. The van der Waals surface area contributed by atoms with Crippen LogP contribution in [0.3, 0.4) is 0 Å². The maximum absolute atomic E-state index is 12.8. The number of rotatable bonds is 8. The van der Waals surface area contributed by atoms with Crippen LogP contribution in [0.5, 0.6) is 11.5 Å². The highest BCUT2D eigenvalue weighted by Crippen LogP contribution is 2.30. The zero-order valence-corrected chi connectivity index (χ0v) is 23.2. The van der Waals surface area contributed by atoms with Crippen molar-refractivity contribution in [2.75, 3.05) is 0 Å². The van der Waals surface area contributed by atoms with E-state index >= 15 is 0 Å². The molecule has 1 N–H and O–H groups in total. The topological polar surface area (TPSA) is 94.1 Å². The highest BCUT2D eigenvalue weighted by Gasteiger charge is 2.17. The summed E-state index contributed by atoms with van der Waals surface area (Å²) in [5.74, 6) is -1.42. The van der Waals surface area contributed by atoms with Gasteiger partial charge < -0.3 is 9.47 Å². The number of nitrogens with zero attached hydrogens (tertiary/aromatic N) is 1. The van der Waals surface area contributed by atoms with E-state index in [1.54, 1.807) is 66.7 Å². The molecule has 0 saturated carbocycles. The van der Waals surface area contributed by atoms with Crippen molar-refractivity contribution in [2.24, 2.45) is 5.10 Å². The van der Waals surface area contributed by atoms with Crippen LogP contribution in [0.25, 0.3) is 10.8 Å². The SMILES string of the molecule is O=C(Cc1ccc(Br)c2ccccc12)N/N=C/c1ccc(OC(=O)c2ccccc2)c(OC(=O)c2ccccc2)c1. The minimum atomic E-state index is -0.619. The number of hydrogen-bond acceptors (Lipinski definition) is 6. The van der Waals surface area contributed by atoms with Crippen LogP contribution in [-0.2, 0) is 11.2 Å². The maximum atomic E-state index is 12.8. The minimum Gasteiger partial charge on any atom is -0.419 e. The van der Waals surface area contributed by atoms with Gasteiger partial charge in [0.15, 0.2) is 11.5 Å². The normalized spacial score (nSPS) is 10.9. The van der Waals surface area contributed by atoms with Gasteiger partial charge in [-0.05, 0) is 70.4 Å². The number of amides is 1. The summed E-state index contributed by atoms with van der Waals surface area (Å²) in [5.41, 5.74) is 4.60. The summed E-state index contributed by atoms with van der Waals surface area (Å²) in [4.78, 5) is 38.1. The third-order valence-electron chi connectivity index (χ3n) is 6.11. The van der Waals surface area contributed by atoms with Crippen molar-refractivity contribution in [1.29, 1.82) is 0 Å². The largest absolute Gasteiger partial charge is 0.419 e. The molecule has 0 atom stereocenters. The highest BCUT2D eigenvalue weighted by molar-refractivity contribution is 9.10. The van der Waals surface area contributed by atoms with Crippen LogP contribution < -0.4 is 14.9 Å². The number of fused-ring (bicyclic) bond motifs is 1. The Kier molecular flexibility index (Phi) is 8.61. The summed E-state index contributed by atoms with van der Waals surface area (Å²) in [6, 6.07) is 33.2. The molecular weight excluding hydrogens is 584 g/mol. The van der Waals surface area contributed by atoms with Gasteiger partial charge in [-0.3, -0.25) is 4.79 Å². The molecule has 0 saturated heterocycles. The lowest BCUT2D eigenvalue weighted by Gasteiger charge is -2.11. The third-order valence-corrected chi connectivity index (χ3v) is 6.80. The Morgan fingerprint density at radius 2 is 1.27 bits per heavy atom. The van der Waals surface area contributed by atoms with Crippen LogP contribution in [0.4, 0.5) is 0 Å². The van der Waals surface area contributed by atoms with E-state index in [4.69, 9.17) is 9.47 Å². The summed E-state index contributed by atoms with van der Waals surface area (Å²) in [6.07, 6.45) is 1.56. The van der Waals surface area contributed by atoms with E-state index in [-0.39, 0.29) is 23.8 Å². The molecule has 0 unspecified atom stereocenters. The van der Waals surface area contributed by atoms with Gasteiger partial charge in [0.2, 0.25) is 5.91 Å². The zero-order chi connectivity index (χ0) is 28.6. The molecule has 0 aliphatic rings. The lowest BCUT2D eigenvalue weighted by Crippen LogP contribution is -2.20. The number of esters is 2. The average Bonchev–Trinajstić information content (AvgIpc) is 3.01. The second kappa shape index (κ2) is 12.8. The minimum absolute atomic E-state index is 0.0275. The van der Waals surface area contributed by atoms with E-state index in [9.17, 15) is 14.4 Å². The van der Waals surface area contributed by atoms with Gasteiger partial charge in [-0.1, -0.05) is 82.7 Å². The van der Waals surface area contributed by atoms with Gasteiger partial charge in [-0.2, -0.15) is 5.10 Å². The first kappa shape index (κ1) is 27.5. The van der Waals surface area contributed by atoms with Crippen LogP contribution in [0.1, 0.15) is 31.8 Å². The number of hydrogen-bond donors (Lipinski definition) is 1. The lowest BCUT2D eigenvalue weighted by atomic mass is 10.0. The fourth-order valence-corrected chi connectivity index (χ4v) is 4.58. The van der Waals surface area contributed by atoms with Crippen molar-refractivity contribution < 1.29 is 23.9 Å². The Morgan fingerprint density at radius 1 is 0.683 bits per heavy atom. The first-order valence-corrected chi connectivity index (χ1v) is 13.4. The molecule has 0 bridgehead atoms. The number of benzene rings is 5. The van der Waals surface area contributed by atoms with Crippen molar-refractivity contribution in [3.63, 3.8) is 0 Å². The molecule has 0 spiro atoms. The van der Waals surface area contributed by atoms with Gasteiger partial charge in [0, 0.05) is 4.47 Å². The van der Waals surface area contributed by atoms with Crippen molar-refractivity contribution in [3.05, 3.63) is 142 Å². The number of carbonyl (C=O) groups excluding carboxylic acids is 3. The van der Waals surface area contributed by atoms with Crippen LogP contribution in [0.2, 0.25) is 0 Å². The van der Waals surface area contributed by atoms with Gasteiger partial charge in [-0.25, -0.2) is 15.0 Å². The number of halogens is 1. The van der Waals surface area contributed by atoms with E-state index < -0.39 is 11.9 Å². The molecule has 0 aromatic heterocycles. The fourth-order valence-electron chi connectivity index (χ4n) is 4.11. The fraction of sp³-hybridized carbons (Fsp3) is 0.0303. The Balaban J connectivity index is 1.32. The Hall–Kier alpha value is -5.08. The van der Waals surface area contributed by atoms with Crippen molar-refractivity contribution in [3.8, 4) is 11.5 Å². The Labute approximate surface area is 244 Å². The molecule has 0 aliphatic heterocycles. The first-order valence-electron chi connectivity index (χ1n) is 12.6. The molecule has 8 heteroatoms. The average molecular weight is 607 g/mol. The molecule has 202 valence electrons. The summed E-state index contributed by atoms with van der Waals surface area (Å²) < 4.78 is 12.1. The standard InChI is InChI=1S/C33H23BrN2O5/c34-28-17-16-25(26-13-7-8-14-27(26)28)20-31(37)36-35-21-22-15-18-29(40-32(38)23-9-3-1-4-10-23)30(19-22)41-33(39)24-11-5-2-6-12-24/h1-19,21H,20H2,(H,36,37)/b35-21+. The van der Waals surface area contributed by atoms with Gasteiger partial charge in [0.25, 0.3) is 0 Å². The first-order chi connectivity index (χ1) is 20.0. The van der Waals surface area contributed by atoms with Crippen LogP contribution in [0.15, 0.2) is 125 Å². The molecule has 41 heavy (non-hydrogen) atoms. The number of ether oxygens (including phenoxy) is 2. The molecule has 0 radical (unpaired) electrons. The van der Waals surface area contributed by atoms with Crippen LogP contribution in [-0.4, -0.2) is 24.1 Å². The smallest absolute Gasteiger partial charge is 0.343 e. The van der Waals surface area contributed by atoms with Gasteiger partial charge in [0.05, 0.1) is 23.8 Å². The Bertz CT molecular complexity index is 1750. The summed E-state index contributed by atoms with van der Waals surface area (Å²) >= 11 is 3.55. The van der Waals surface area contributed by atoms with E-state index in [1.165, 1.54) is 18.3 Å². The van der Waals surface area contributed by atoms with Gasteiger partial charge >= 0.3 is 11.9 Å². The van der Waals surface area contributed by atoms with Crippen molar-refractivity contribution in [2.45, 2.75) is 6.42 Å². The molecule has 0 fully saturated rings. The molecule has 0 aliphatic carbocycles. The van der Waals surface area contributed by atoms with Crippen LogP contribution >= 0.6 is 15.9 Å². The van der Waals surface area contributed by atoms with E-state index in [1.807, 2.05) is 36.4 Å². The lowest BCUT2D eigenvalue weighted by molar-refractivity contribution is -0.120. The van der Waals surface area contributed by atoms with Crippen LogP contribution in [0, 0.1) is 0 Å². The predicted molar refractivity (Wildman–Crippen MR) is 160 cm³/mol. The van der Waals surface area contributed by atoms with Gasteiger partial charge in [-0.15, -0.1) is 0 Å². The molecule has 5 aromatic carbocycles. The molecular formula is C33H23BrN2O5. The number of carbonyl (C=O) groups is 3. The summed E-state index contributed by atoms with van der Waals surface area (Å²) in [7, 11) is 0. The number of hydrazone groups is 1. The van der Waals surface area contributed by atoms with Crippen molar-refractivity contribution in [1.82, 2.24) is 5.43 Å². The van der Waals surface area contributed by atoms with Gasteiger partial charge in [0.1, 0.15) is 0 Å². The molecule has 0 heterocycles. The molecule has 5 rings (SSSR count).